The van der Waals surface area contributed by atoms with E-state index in [1.165, 1.54) is 6.33 Å². The molecule has 8 heteroatoms. The number of carbonyl (C=O) groups is 1. The number of nitrogens with zero attached hydrogens (tertiary/aromatic N) is 4. The van der Waals surface area contributed by atoms with Crippen molar-refractivity contribution in [1.82, 2.24) is 24.8 Å². The fourth-order valence-corrected chi connectivity index (χ4v) is 3.30. The summed E-state index contributed by atoms with van der Waals surface area (Å²) in [6, 6.07) is 11.5. The highest BCUT2D eigenvalue weighted by Gasteiger charge is 2.14. The predicted octanol–water partition coefficient (Wildman–Crippen LogP) is 3.41. The zero-order valence-corrected chi connectivity index (χ0v) is 17.6. The van der Waals surface area contributed by atoms with Crippen molar-refractivity contribution in [2.24, 2.45) is 0 Å². The van der Waals surface area contributed by atoms with Crippen molar-refractivity contribution in [3.63, 3.8) is 0 Å². The fourth-order valence-electron chi connectivity index (χ4n) is 3.30. The summed E-state index contributed by atoms with van der Waals surface area (Å²) in [5.74, 6) is 0.581. The number of methoxy groups -OCH3 is 1. The Kier molecular flexibility index (Phi) is 6.01. The Morgan fingerprint density at radius 1 is 1.10 bits per heavy atom. The minimum absolute atomic E-state index is 0.0400. The van der Waals surface area contributed by atoms with Crippen molar-refractivity contribution in [3.05, 3.63) is 60.8 Å². The maximum absolute atomic E-state index is 12.4. The van der Waals surface area contributed by atoms with Gasteiger partial charge < -0.3 is 14.5 Å². The summed E-state index contributed by atoms with van der Waals surface area (Å²) in [4.78, 5) is 30.4. The van der Waals surface area contributed by atoms with Crippen LogP contribution in [0.5, 0.6) is 5.75 Å². The van der Waals surface area contributed by atoms with Crippen LogP contribution in [0.2, 0.25) is 0 Å². The summed E-state index contributed by atoms with van der Waals surface area (Å²) < 4.78 is 10.9. The second-order valence-corrected chi connectivity index (χ2v) is 7.29. The number of rotatable bonds is 8. The van der Waals surface area contributed by atoms with Crippen molar-refractivity contribution in [1.29, 1.82) is 0 Å². The highest BCUT2D eigenvalue weighted by Crippen LogP contribution is 2.35. The van der Waals surface area contributed by atoms with Gasteiger partial charge in [-0.2, -0.15) is 0 Å². The molecule has 8 nitrogen and oxygen atoms in total. The van der Waals surface area contributed by atoms with E-state index in [0.717, 1.165) is 33.5 Å². The Morgan fingerprint density at radius 2 is 1.94 bits per heavy atom. The molecule has 0 aliphatic carbocycles. The van der Waals surface area contributed by atoms with Crippen molar-refractivity contribution in [3.8, 4) is 28.1 Å². The van der Waals surface area contributed by atoms with Crippen molar-refractivity contribution >= 4 is 16.8 Å². The summed E-state index contributed by atoms with van der Waals surface area (Å²) in [5.41, 5.74) is 4.41. The highest BCUT2D eigenvalue weighted by molar-refractivity contribution is 5.98. The molecule has 0 aliphatic heterocycles. The van der Waals surface area contributed by atoms with Gasteiger partial charge in [0.25, 0.3) is 0 Å². The number of hydrogen-bond acceptors (Lipinski definition) is 7. The Bertz CT molecular complexity index is 1220. The van der Waals surface area contributed by atoms with E-state index in [1.54, 1.807) is 19.4 Å². The van der Waals surface area contributed by atoms with Gasteiger partial charge in [-0.05, 0) is 32.3 Å². The predicted molar refractivity (Wildman–Crippen MR) is 118 cm³/mol. The molecule has 158 valence electrons. The van der Waals surface area contributed by atoms with E-state index in [9.17, 15) is 4.79 Å². The number of aromatic amines is 1. The molecule has 0 spiro atoms. The van der Waals surface area contributed by atoms with Crippen LogP contribution in [0.3, 0.4) is 0 Å². The van der Waals surface area contributed by atoms with E-state index in [2.05, 4.69) is 19.9 Å². The third-order valence-electron chi connectivity index (χ3n) is 4.76. The van der Waals surface area contributed by atoms with Crippen LogP contribution in [0.25, 0.3) is 33.4 Å². The average molecular weight is 417 g/mol. The first-order valence-electron chi connectivity index (χ1n) is 9.75. The molecule has 0 fully saturated rings. The van der Waals surface area contributed by atoms with Crippen LogP contribution in [0.4, 0.5) is 0 Å². The number of hydrogen-bond donors (Lipinski definition) is 1. The average Bonchev–Trinajstić information content (AvgIpc) is 3.22. The van der Waals surface area contributed by atoms with Gasteiger partial charge in [-0.15, -0.1) is 0 Å². The standard InChI is InChI=1S/C23H23N5O3/c1-28(2)14-31-12-21(29)20-9-19(26-13-27-20)15-8-17-18(11-25-23(17)24-10-15)16-6-4-5-7-22(16)30-3/h4-11,13H,12,14H2,1-3H3,(H,24,25). The topological polar surface area (TPSA) is 93.2 Å². The second kappa shape index (κ2) is 9.03. The number of benzene rings is 1. The lowest BCUT2D eigenvalue weighted by atomic mass is 10.0. The summed E-state index contributed by atoms with van der Waals surface area (Å²) >= 11 is 0. The third kappa shape index (κ3) is 4.45. The van der Waals surface area contributed by atoms with Gasteiger partial charge in [0.1, 0.15) is 30.0 Å². The molecule has 0 amide bonds. The van der Waals surface area contributed by atoms with Gasteiger partial charge in [-0.3, -0.25) is 9.69 Å². The molecule has 0 bridgehead atoms. The van der Waals surface area contributed by atoms with E-state index in [1.807, 2.05) is 55.5 Å². The van der Waals surface area contributed by atoms with E-state index in [-0.39, 0.29) is 12.4 Å². The lowest BCUT2D eigenvalue weighted by Crippen LogP contribution is -2.20. The van der Waals surface area contributed by atoms with E-state index in [4.69, 9.17) is 9.47 Å². The Hall–Kier alpha value is -3.62. The Balaban J connectivity index is 1.67. The molecule has 0 unspecified atom stereocenters. The molecule has 0 saturated carbocycles. The lowest BCUT2D eigenvalue weighted by molar-refractivity contribution is 0.0475. The van der Waals surface area contributed by atoms with Crippen LogP contribution in [-0.4, -0.2) is 65.2 Å². The number of ether oxygens (including phenoxy) is 2. The van der Waals surface area contributed by atoms with E-state index < -0.39 is 0 Å². The van der Waals surface area contributed by atoms with Gasteiger partial charge >= 0.3 is 0 Å². The molecular formula is C23H23N5O3. The van der Waals surface area contributed by atoms with Crippen LogP contribution in [0, 0.1) is 0 Å². The summed E-state index contributed by atoms with van der Waals surface area (Å²) in [5, 5.41) is 0.933. The van der Waals surface area contributed by atoms with Crippen molar-refractivity contribution in [2.75, 3.05) is 34.5 Å². The highest BCUT2D eigenvalue weighted by atomic mass is 16.5. The van der Waals surface area contributed by atoms with Crippen molar-refractivity contribution < 1.29 is 14.3 Å². The number of carbonyl (C=O) groups excluding carboxylic acids is 1. The van der Waals surface area contributed by atoms with Gasteiger partial charge in [-0.25, -0.2) is 15.0 Å². The number of Topliss-reactive ketones (excluding diaryl/α,β-unsaturated/α-hetero) is 1. The molecule has 0 aliphatic rings. The minimum Gasteiger partial charge on any atom is -0.496 e. The van der Waals surface area contributed by atoms with Gasteiger partial charge in [0.15, 0.2) is 0 Å². The van der Waals surface area contributed by atoms with E-state index >= 15 is 0 Å². The summed E-state index contributed by atoms with van der Waals surface area (Å²) in [6.45, 7) is 0.325. The molecule has 0 atom stereocenters. The largest absolute Gasteiger partial charge is 0.496 e. The van der Waals surface area contributed by atoms with Crippen molar-refractivity contribution in [2.45, 2.75) is 0 Å². The van der Waals surface area contributed by atoms with Crippen LogP contribution >= 0.6 is 0 Å². The minimum atomic E-state index is -0.198. The molecular weight excluding hydrogens is 394 g/mol. The van der Waals surface area contributed by atoms with Crippen LogP contribution in [-0.2, 0) is 4.74 Å². The monoisotopic (exact) mass is 417 g/mol. The van der Waals surface area contributed by atoms with E-state index in [0.29, 0.717) is 18.1 Å². The quantitative estimate of drug-likeness (QED) is 0.347. The van der Waals surface area contributed by atoms with Gasteiger partial charge in [0.05, 0.1) is 19.5 Å². The molecule has 1 aromatic carbocycles. The van der Waals surface area contributed by atoms with Gasteiger partial charge in [-0.1, -0.05) is 18.2 Å². The molecule has 4 aromatic rings. The fraction of sp³-hybridized carbons (Fsp3) is 0.217. The van der Waals surface area contributed by atoms with Crippen LogP contribution in [0.1, 0.15) is 10.5 Å². The molecule has 1 N–H and O–H groups in total. The van der Waals surface area contributed by atoms with Crippen LogP contribution in [0.15, 0.2) is 55.1 Å². The Labute approximate surface area is 179 Å². The zero-order valence-electron chi connectivity index (χ0n) is 17.6. The molecule has 31 heavy (non-hydrogen) atoms. The first kappa shape index (κ1) is 20.6. The maximum atomic E-state index is 12.4. The number of nitrogens with one attached hydrogen (secondary N) is 1. The number of fused-ring (bicyclic) bond motifs is 1. The third-order valence-corrected chi connectivity index (χ3v) is 4.76. The Morgan fingerprint density at radius 3 is 2.74 bits per heavy atom. The van der Waals surface area contributed by atoms with Gasteiger partial charge in [0.2, 0.25) is 5.78 Å². The lowest BCUT2D eigenvalue weighted by Gasteiger charge is -2.10. The first-order chi connectivity index (χ1) is 15.1. The molecule has 4 rings (SSSR count). The normalized spacial score (nSPS) is 11.2. The maximum Gasteiger partial charge on any atom is 0.206 e. The number of aromatic nitrogens is 4. The summed E-state index contributed by atoms with van der Waals surface area (Å²) in [7, 11) is 5.40. The van der Waals surface area contributed by atoms with Gasteiger partial charge in [0, 0.05) is 34.5 Å². The molecule has 0 radical (unpaired) electrons. The molecule has 3 heterocycles. The number of pyridine rings is 1. The zero-order chi connectivity index (χ0) is 21.8. The second-order valence-electron chi connectivity index (χ2n) is 7.29. The molecule has 3 aromatic heterocycles. The molecule has 0 saturated heterocycles. The SMILES string of the molecule is COc1ccccc1-c1c[nH]c2ncc(-c3cc(C(=O)COCN(C)C)ncn3)cc12. The van der Waals surface area contributed by atoms with Crippen LogP contribution < -0.4 is 4.74 Å². The number of H-pyrrole nitrogens is 1. The first-order valence-corrected chi connectivity index (χ1v) is 9.75. The number of ketones is 1. The number of para-hydroxylation sites is 1. The summed E-state index contributed by atoms with van der Waals surface area (Å²) in [6.07, 6.45) is 5.03. The smallest absolute Gasteiger partial charge is 0.206 e.